The van der Waals surface area contributed by atoms with Gasteiger partial charge in [0, 0.05) is 38.1 Å². The zero-order valence-corrected chi connectivity index (χ0v) is 12.1. The van der Waals surface area contributed by atoms with Crippen molar-refractivity contribution in [2.45, 2.75) is 59.9 Å². The standard InChI is InChI=1S/3C3H8O.Ga/c3*1-3(2)4;/h3*3-4H,1-2H3;. The molecule has 0 aromatic carbocycles. The van der Waals surface area contributed by atoms with Gasteiger partial charge in [-0.05, 0) is 41.5 Å². The number of aliphatic hydroxyl groups is 3. The molecule has 3 N–H and O–H groups in total. The SMILES string of the molecule is CC(C)O.CC(C)O.CC(C)O.[Ga]. The van der Waals surface area contributed by atoms with Crippen molar-refractivity contribution in [3.63, 3.8) is 0 Å². The predicted molar refractivity (Wildman–Crippen MR) is 57.8 cm³/mol. The zero-order chi connectivity index (χ0) is 10.7. The molecule has 3 radical (unpaired) electrons. The van der Waals surface area contributed by atoms with Gasteiger partial charge in [-0.25, -0.2) is 0 Å². The van der Waals surface area contributed by atoms with Crippen LogP contribution in [0.5, 0.6) is 0 Å². The first-order valence-corrected chi connectivity index (χ1v) is 4.24. The number of aliphatic hydroxyl groups excluding tert-OH is 3. The van der Waals surface area contributed by atoms with Crippen molar-refractivity contribution < 1.29 is 15.3 Å². The molecule has 0 amide bonds. The van der Waals surface area contributed by atoms with Crippen LogP contribution in [0.15, 0.2) is 0 Å². The van der Waals surface area contributed by atoms with E-state index in [1.807, 2.05) is 0 Å². The van der Waals surface area contributed by atoms with E-state index in [2.05, 4.69) is 0 Å². The van der Waals surface area contributed by atoms with Gasteiger partial charge in [0.2, 0.25) is 0 Å². The molecule has 0 spiro atoms. The topological polar surface area (TPSA) is 60.7 Å². The Morgan fingerprint density at radius 1 is 0.538 bits per heavy atom. The smallest absolute Gasteiger partial charge is 0.0483 e. The fourth-order valence-electron chi connectivity index (χ4n) is 0. The molecule has 0 heterocycles. The van der Waals surface area contributed by atoms with Gasteiger partial charge in [-0.3, -0.25) is 0 Å². The number of rotatable bonds is 0. The summed E-state index contributed by atoms with van der Waals surface area (Å²) in [5.74, 6) is 0. The van der Waals surface area contributed by atoms with Crippen molar-refractivity contribution in [1.29, 1.82) is 0 Å². The van der Waals surface area contributed by atoms with Crippen LogP contribution in [0.1, 0.15) is 41.5 Å². The molecule has 0 aliphatic heterocycles. The second kappa shape index (κ2) is 18.3. The molecule has 0 saturated carbocycles. The molecular weight excluding hydrogens is 226 g/mol. The van der Waals surface area contributed by atoms with Crippen molar-refractivity contribution in [2.24, 2.45) is 0 Å². The van der Waals surface area contributed by atoms with E-state index in [1.54, 1.807) is 41.5 Å². The minimum absolute atomic E-state index is 0. The first kappa shape index (κ1) is 23.4. The second-order valence-corrected chi connectivity index (χ2v) is 3.28. The third-order valence-electron chi connectivity index (χ3n) is 0. The summed E-state index contributed by atoms with van der Waals surface area (Å²) in [5, 5.41) is 24.2. The van der Waals surface area contributed by atoms with Gasteiger partial charge in [0.1, 0.15) is 0 Å². The van der Waals surface area contributed by atoms with Crippen molar-refractivity contribution in [3.8, 4) is 0 Å². The van der Waals surface area contributed by atoms with Crippen molar-refractivity contribution in [2.75, 3.05) is 0 Å². The van der Waals surface area contributed by atoms with Crippen molar-refractivity contribution in [1.82, 2.24) is 0 Å². The molecule has 0 saturated heterocycles. The average Bonchev–Trinajstić information content (AvgIpc) is 1.54. The van der Waals surface area contributed by atoms with Gasteiger partial charge in [-0.1, -0.05) is 0 Å². The van der Waals surface area contributed by atoms with E-state index in [0.29, 0.717) is 0 Å². The molecule has 0 fully saturated rings. The van der Waals surface area contributed by atoms with Gasteiger partial charge >= 0.3 is 0 Å². The Bertz CT molecular complexity index is 43.4. The van der Waals surface area contributed by atoms with E-state index in [4.69, 9.17) is 15.3 Å². The summed E-state index contributed by atoms with van der Waals surface area (Å²) >= 11 is 0. The summed E-state index contributed by atoms with van der Waals surface area (Å²) in [7, 11) is 0. The summed E-state index contributed by atoms with van der Waals surface area (Å²) in [5.41, 5.74) is 0. The fourth-order valence-corrected chi connectivity index (χ4v) is 0. The zero-order valence-electron chi connectivity index (χ0n) is 9.65. The summed E-state index contributed by atoms with van der Waals surface area (Å²) in [4.78, 5) is 0. The molecule has 0 aliphatic rings. The van der Waals surface area contributed by atoms with Crippen LogP contribution < -0.4 is 0 Å². The minimum Gasteiger partial charge on any atom is -0.394 e. The van der Waals surface area contributed by atoms with Gasteiger partial charge in [-0.15, -0.1) is 0 Å². The molecule has 0 aromatic heterocycles. The van der Waals surface area contributed by atoms with Crippen LogP contribution in [-0.4, -0.2) is 53.4 Å². The molecule has 81 valence electrons. The summed E-state index contributed by atoms with van der Waals surface area (Å²) in [6.07, 6.45) is -0.500. The van der Waals surface area contributed by atoms with Gasteiger partial charge in [0.25, 0.3) is 0 Å². The Hall–Kier alpha value is 0.516. The molecule has 0 bridgehead atoms. The summed E-state index contributed by atoms with van der Waals surface area (Å²) < 4.78 is 0. The molecule has 0 aliphatic carbocycles. The van der Waals surface area contributed by atoms with E-state index in [-0.39, 0.29) is 38.1 Å². The van der Waals surface area contributed by atoms with Crippen LogP contribution in [0.2, 0.25) is 0 Å². The van der Waals surface area contributed by atoms with Gasteiger partial charge in [0.05, 0.1) is 0 Å². The predicted octanol–water partition coefficient (Wildman–Crippen LogP) is 0.780. The normalized spacial score (nSPS) is 8.31. The van der Waals surface area contributed by atoms with Crippen molar-refractivity contribution in [3.05, 3.63) is 0 Å². The van der Waals surface area contributed by atoms with Crippen LogP contribution in [0.3, 0.4) is 0 Å². The molecular formula is C9H24GaO3. The molecule has 13 heavy (non-hydrogen) atoms. The summed E-state index contributed by atoms with van der Waals surface area (Å²) in [6.45, 7) is 10.3. The third-order valence-corrected chi connectivity index (χ3v) is 0. The first-order chi connectivity index (χ1) is 5.20. The maximum atomic E-state index is 8.06. The third kappa shape index (κ3) is 5190. The van der Waals surface area contributed by atoms with Gasteiger partial charge in [-0.2, -0.15) is 0 Å². The van der Waals surface area contributed by atoms with Gasteiger partial charge < -0.3 is 15.3 Å². The monoisotopic (exact) mass is 249 g/mol. The van der Waals surface area contributed by atoms with E-state index < -0.39 is 0 Å². The van der Waals surface area contributed by atoms with Gasteiger partial charge in [0.15, 0.2) is 0 Å². The van der Waals surface area contributed by atoms with E-state index in [0.717, 1.165) is 0 Å². The van der Waals surface area contributed by atoms with Crippen LogP contribution in [0, 0.1) is 0 Å². The number of hydrogen-bond donors (Lipinski definition) is 3. The van der Waals surface area contributed by atoms with E-state index in [9.17, 15) is 0 Å². The maximum absolute atomic E-state index is 8.06. The van der Waals surface area contributed by atoms with Crippen LogP contribution in [-0.2, 0) is 0 Å². The van der Waals surface area contributed by atoms with Crippen LogP contribution >= 0.6 is 0 Å². The van der Waals surface area contributed by atoms with Crippen LogP contribution in [0.4, 0.5) is 0 Å². The molecule has 0 aromatic rings. The van der Waals surface area contributed by atoms with E-state index >= 15 is 0 Å². The Morgan fingerprint density at radius 2 is 0.538 bits per heavy atom. The Balaban J connectivity index is -0.0000000450. The molecule has 0 atom stereocenters. The second-order valence-electron chi connectivity index (χ2n) is 3.28. The Kier molecular flexibility index (Phi) is 33.0. The number of hydrogen-bond acceptors (Lipinski definition) is 3. The Labute approximate surface area is 95.2 Å². The maximum Gasteiger partial charge on any atom is 0.0483 e. The Morgan fingerprint density at radius 3 is 0.538 bits per heavy atom. The first-order valence-electron chi connectivity index (χ1n) is 4.24. The largest absolute Gasteiger partial charge is 0.394 e. The molecule has 0 rings (SSSR count). The fraction of sp³-hybridized carbons (Fsp3) is 1.00. The minimum atomic E-state index is -0.167. The molecule has 3 nitrogen and oxygen atoms in total. The summed E-state index contributed by atoms with van der Waals surface area (Å²) in [6, 6.07) is 0. The van der Waals surface area contributed by atoms with Crippen molar-refractivity contribution >= 4 is 19.8 Å². The quantitative estimate of drug-likeness (QED) is 0.557. The van der Waals surface area contributed by atoms with Crippen LogP contribution in [0.25, 0.3) is 0 Å². The average molecular weight is 250 g/mol. The molecule has 4 heteroatoms. The van der Waals surface area contributed by atoms with E-state index in [1.165, 1.54) is 0 Å². The molecule has 0 unspecified atom stereocenters.